The molecule has 2 rings (SSSR count). The van der Waals surface area contributed by atoms with Crippen LogP contribution >= 0.6 is 0 Å². The SMILES string of the molecule is Cn1cc(CN=C=O)c2ccccc21. The lowest BCUT2D eigenvalue weighted by Gasteiger charge is -1.93. The maximum atomic E-state index is 10.0. The molecule has 1 aromatic heterocycles. The fourth-order valence-corrected chi connectivity index (χ4v) is 1.67. The average Bonchev–Trinajstić information content (AvgIpc) is 2.54. The molecule has 1 aromatic carbocycles. The number of carbonyl (C=O) groups excluding carboxylic acids is 1. The van der Waals surface area contributed by atoms with Crippen LogP contribution < -0.4 is 0 Å². The number of aromatic nitrogens is 1. The fourth-order valence-electron chi connectivity index (χ4n) is 1.67. The molecule has 0 bridgehead atoms. The highest BCUT2D eigenvalue weighted by molar-refractivity contribution is 5.83. The van der Waals surface area contributed by atoms with Crippen LogP contribution in [0.25, 0.3) is 10.9 Å². The van der Waals surface area contributed by atoms with Gasteiger partial charge < -0.3 is 4.57 Å². The molecule has 0 aliphatic heterocycles. The Labute approximate surface area is 81.7 Å². The van der Waals surface area contributed by atoms with E-state index in [2.05, 4.69) is 4.99 Å². The number of nitrogens with zero attached hydrogens (tertiary/aromatic N) is 2. The molecular weight excluding hydrogens is 176 g/mol. The Hall–Kier alpha value is -1.86. The molecule has 0 atom stereocenters. The van der Waals surface area contributed by atoms with E-state index in [1.54, 1.807) is 6.08 Å². The zero-order chi connectivity index (χ0) is 9.97. The summed E-state index contributed by atoms with van der Waals surface area (Å²) < 4.78 is 2.03. The highest BCUT2D eigenvalue weighted by Crippen LogP contribution is 2.20. The minimum atomic E-state index is 0.408. The first-order valence-electron chi connectivity index (χ1n) is 4.39. The average molecular weight is 186 g/mol. The number of hydrogen-bond donors (Lipinski definition) is 0. The highest BCUT2D eigenvalue weighted by Gasteiger charge is 2.03. The van der Waals surface area contributed by atoms with Gasteiger partial charge in [0.1, 0.15) is 0 Å². The van der Waals surface area contributed by atoms with E-state index in [0.717, 1.165) is 16.5 Å². The van der Waals surface area contributed by atoms with Crippen molar-refractivity contribution in [3.05, 3.63) is 36.0 Å². The Kier molecular flexibility index (Phi) is 2.17. The van der Waals surface area contributed by atoms with E-state index in [4.69, 9.17) is 0 Å². The maximum absolute atomic E-state index is 10.0. The van der Waals surface area contributed by atoms with Crippen molar-refractivity contribution in [1.29, 1.82) is 0 Å². The number of aliphatic imine (C=N–C) groups is 1. The van der Waals surface area contributed by atoms with Crippen LogP contribution in [0, 0.1) is 0 Å². The molecule has 0 aliphatic carbocycles. The van der Waals surface area contributed by atoms with E-state index < -0.39 is 0 Å². The molecule has 0 N–H and O–H groups in total. The molecule has 0 saturated carbocycles. The van der Waals surface area contributed by atoms with Crippen LogP contribution in [0.1, 0.15) is 5.56 Å². The first-order chi connectivity index (χ1) is 6.83. The molecule has 0 unspecified atom stereocenters. The van der Waals surface area contributed by atoms with Gasteiger partial charge in [0, 0.05) is 24.1 Å². The molecule has 0 amide bonds. The van der Waals surface area contributed by atoms with Crippen molar-refractivity contribution in [2.75, 3.05) is 0 Å². The van der Waals surface area contributed by atoms with E-state index in [0.29, 0.717) is 6.54 Å². The zero-order valence-electron chi connectivity index (χ0n) is 7.90. The largest absolute Gasteiger partial charge is 0.350 e. The third-order valence-corrected chi connectivity index (χ3v) is 2.29. The van der Waals surface area contributed by atoms with Gasteiger partial charge in [-0.2, -0.15) is 0 Å². The van der Waals surface area contributed by atoms with Gasteiger partial charge >= 0.3 is 0 Å². The first-order valence-corrected chi connectivity index (χ1v) is 4.39. The van der Waals surface area contributed by atoms with Gasteiger partial charge in [-0.15, -0.1) is 0 Å². The van der Waals surface area contributed by atoms with E-state index in [1.807, 2.05) is 42.1 Å². The topological polar surface area (TPSA) is 34.4 Å². The predicted octanol–water partition coefficient (Wildman–Crippen LogP) is 2.01. The van der Waals surface area contributed by atoms with Crippen molar-refractivity contribution >= 4 is 17.0 Å². The van der Waals surface area contributed by atoms with Crippen molar-refractivity contribution in [1.82, 2.24) is 4.57 Å². The molecule has 0 radical (unpaired) electrons. The molecule has 0 spiro atoms. The summed E-state index contributed by atoms with van der Waals surface area (Å²) in [7, 11) is 1.98. The highest BCUT2D eigenvalue weighted by atomic mass is 16.1. The number of aryl methyl sites for hydroxylation is 1. The van der Waals surface area contributed by atoms with Gasteiger partial charge in [0.25, 0.3) is 0 Å². The van der Waals surface area contributed by atoms with Crippen molar-refractivity contribution < 1.29 is 4.79 Å². The summed E-state index contributed by atoms with van der Waals surface area (Å²) in [6, 6.07) is 8.06. The molecule has 0 fully saturated rings. The minimum absolute atomic E-state index is 0.408. The monoisotopic (exact) mass is 186 g/mol. The van der Waals surface area contributed by atoms with Crippen LogP contribution in [-0.2, 0) is 18.4 Å². The Morgan fingerprint density at radius 3 is 3.00 bits per heavy atom. The summed E-state index contributed by atoms with van der Waals surface area (Å²) in [6.45, 7) is 0.408. The minimum Gasteiger partial charge on any atom is -0.350 e. The predicted molar refractivity (Wildman–Crippen MR) is 54.7 cm³/mol. The molecule has 2 aromatic rings. The summed E-state index contributed by atoms with van der Waals surface area (Å²) in [6.07, 6.45) is 3.55. The van der Waals surface area contributed by atoms with Crippen LogP contribution in [0.5, 0.6) is 0 Å². The second-order valence-corrected chi connectivity index (χ2v) is 3.19. The van der Waals surface area contributed by atoms with Gasteiger partial charge in [-0.05, 0) is 11.6 Å². The van der Waals surface area contributed by atoms with Crippen molar-refractivity contribution in [3.63, 3.8) is 0 Å². The third kappa shape index (κ3) is 1.34. The van der Waals surface area contributed by atoms with Gasteiger partial charge in [0.15, 0.2) is 0 Å². The number of benzene rings is 1. The van der Waals surface area contributed by atoms with E-state index in [1.165, 1.54) is 0 Å². The van der Waals surface area contributed by atoms with Gasteiger partial charge in [-0.25, -0.2) is 9.79 Å². The number of rotatable bonds is 2. The maximum Gasteiger partial charge on any atom is 0.235 e. The third-order valence-electron chi connectivity index (χ3n) is 2.29. The molecule has 70 valence electrons. The van der Waals surface area contributed by atoms with Crippen LogP contribution in [-0.4, -0.2) is 10.6 Å². The quantitative estimate of drug-likeness (QED) is 0.522. The molecule has 3 nitrogen and oxygen atoms in total. The smallest absolute Gasteiger partial charge is 0.235 e. The summed E-state index contributed by atoms with van der Waals surface area (Å²) >= 11 is 0. The van der Waals surface area contributed by atoms with Gasteiger partial charge in [-0.3, -0.25) is 0 Å². The second kappa shape index (κ2) is 3.48. The van der Waals surface area contributed by atoms with E-state index in [9.17, 15) is 4.79 Å². The van der Waals surface area contributed by atoms with Gasteiger partial charge in [0.05, 0.1) is 6.54 Å². The van der Waals surface area contributed by atoms with Crippen LogP contribution in [0.4, 0.5) is 0 Å². The van der Waals surface area contributed by atoms with E-state index >= 15 is 0 Å². The number of isocyanates is 1. The lowest BCUT2D eigenvalue weighted by Crippen LogP contribution is -1.82. The molecule has 0 saturated heterocycles. The molecule has 1 heterocycles. The lowest BCUT2D eigenvalue weighted by atomic mass is 10.2. The second-order valence-electron chi connectivity index (χ2n) is 3.19. The molecule has 3 heteroatoms. The number of fused-ring (bicyclic) bond motifs is 1. The zero-order valence-corrected chi connectivity index (χ0v) is 7.90. The summed E-state index contributed by atoms with van der Waals surface area (Å²) in [4.78, 5) is 13.6. The standard InChI is InChI=1S/C11H10N2O/c1-13-7-9(6-12-8-14)10-4-2-3-5-11(10)13/h2-5,7H,6H2,1H3. The summed E-state index contributed by atoms with van der Waals surface area (Å²) in [5, 5.41) is 1.15. The van der Waals surface area contributed by atoms with Gasteiger partial charge in [-0.1, -0.05) is 18.2 Å². The summed E-state index contributed by atoms with van der Waals surface area (Å²) in [5.41, 5.74) is 2.22. The van der Waals surface area contributed by atoms with Crippen LogP contribution in [0.15, 0.2) is 35.5 Å². The summed E-state index contributed by atoms with van der Waals surface area (Å²) in [5.74, 6) is 0. The normalized spacial score (nSPS) is 10.1. The van der Waals surface area contributed by atoms with Crippen LogP contribution in [0.2, 0.25) is 0 Å². The first kappa shape index (κ1) is 8.73. The lowest BCUT2D eigenvalue weighted by molar-refractivity contribution is 0.563. The Balaban J connectivity index is 2.60. The van der Waals surface area contributed by atoms with E-state index in [-0.39, 0.29) is 0 Å². The fraction of sp³-hybridized carbons (Fsp3) is 0.182. The van der Waals surface area contributed by atoms with Crippen molar-refractivity contribution in [2.24, 2.45) is 12.0 Å². The Morgan fingerprint density at radius 1 is 1.43 bits per heavy atom. The molecular formula is C11H10N2O. The molecule has 0 aliphatic rings. The van der Waals surface area contributed by atoms with Crippen molar-refractivity contribution in [2.45, 2.75) is 6.54 Å². The number of para-hydroxylation sites is 1. The number of hydrogen-bond acceptors (Lipinski definition) is 2. The Morgan fingerprint density at radius 2 is 2.21 bits per heavy atom. The Bertz CT molecular complexity index is 507. The van der Waals surface area contributed by atoms with Crippen LogP contribution in [0.3, 0.4) is 0 Å². The van der Waals surface area contributed by atoms with Crippen molar-refractivity contribution in [3.8, 4) is 0 Å². The van der Waals surface area contributed by atoms with Gasteiger partial charge in [0.2, 0.25) is 6.08 Å². The molecule has 14 heavy (non-hydrogen) atoms.